The topological polar surface area (TPSA) is 80.8 Å². The molecule has 3 rings (SSSR count). The third-order valence-electron chi connectivity index (χ3n) is 4.78. The SMILES string of the molecule is C[C@H]1C(S(C)(=O)=O)c2ccccc2C[C@H]1CN1C(=O)COC1=O. The Labute approximate surface area is 135 Å². The average Bonchev–Trinajstić information content (AvgIpc) is 2.78. The van der Waals surface area contributed by atoms with Crippen molar-refractivity contribution in [2.45, 2.75) is 18.6 Å². The first-order valence-corrected chi connectivity index (χ1v) is 9.48. The second kappa shape index (κ2) is 5.63. The molecule has 0 bridgehead atoms. The van der Waals surface area contributed by atoms with Crippen LogP contribution in [0.5, 0.6) is 0 Å². The van der Waals surface area contributed by atoms with Gasteiger partial charge in [0.05, 0.1) is 5.25 Å². The summed E-state index contributed by atoms with van der Waals surface area (Å²) in [7, 11) is -3.30. The summed E-state index contributed by atoms with van der Waals surface area (Å²) in [5, 5.41) is -0.619. The fraction of sp³-hybridized carbons (Fsp3) is 0.500. The number of amides is 2. The number of hydrogen-bond donors (Lipinski definition) is 0. The number of carbonyl (C=O) groups excluding carboxylic acids is 2. The highest BCUT2D eigenvalue weighted by molar-refractivity contribution is 7.90. The van der Waals surface area contributed by atoms with Crippen LogP contribution in [0.1, 0.15) is 23.3 Å². The second-order valence-corrected chi connectivity index (χ2v) is 8.50. The van der Waals surface area contributed by atoms with E-state index in [-0.39, 0.29) is 30.9 Å². The standard InChI is InChI=1S/C16H19NO5S/c1-10-12(8-17-14(18)9-22-16(17)19)7-11-5-3-4-6-13(11)15(10)23(2,20)21/h3-6,10,12,15H,7-9H2,1-2H3/t10-,12+,15?/m1/s1. The lowest BCUT2D eigenvalue weighted by atomic mass is 9.76. The molecular formula is C16H19NO5S. The van der Waals surface area contributed by atoms with Crippen molar-refractivity contribution >= 4 is 21.8 Å². The number of hydrogen-bond acceptors (Lipinski definition) is 5. The molecule has 3 atom stereocenters. The predicted molar refractivity (Wildman–Crippen MR) is 83.4 cm³/mol. The lowest BCUT2D eigenvalue weighted by Gasteiger charge is -2.37. The van der Waals surface area contributed by atoms with Gasteiger partial charge in [0.25, 0.3) is 5.91 Å². The van der Waals surface area contributed by atoms with E-state index in [0.29, 0.717) is 6.42 Å². The summed E-state index contributed by atoms with van der Waals surface area (Å²) < 4.78 is 29.3. The summed E-state index contributed by atoms with van der Waals surface area (Å²) >= 11 is 0. The maximum absolute atomic E-state index is 12.3. The van der Waals surface area contributed by atoms with Crippen LogP contribution < -0.4 is 0 Å². The van der Waals surface area contributed by atoms with Crippen LogP contribution in [0.3, 0.4) is 0 Å². The van der Waals surface area contributed by atoms with E-state index >= 15 is 0 Å². The Morgan fingerprint density at radius 1 is 1.26 bits per heavy atom. The summed E-state index contributed by atoms with van der Waals surface area (Å²) in [6, 6.07) is 7.48. The molecule has 1 heterocycles. The molecule has 6 nitrogen and oxygen atoms in total. The zero-order valence-electron chi connectivity index (χ0n) is 13.1. The number of ether oxygens (including phenoxy) is 1. The highest BCUT2D eigenvalue weighted by Crippen LogP contribution is 2.42. The number of rotatable bonds is 3. The summed E-state index contributed by atoms with van der Waals surface area (Å²) in [6.07, 6.45) is 1.24. The number of imide groups is 1. The monoisotopic (exact) mass is 337 g/mol. The Balaban J connectivity index is 1.95. The van der Waals surface area contributed by atoms with Crippen LogP contribution in [0.2, 0.25) is 0 Å². The van der Waals surface area contributed by atoms with E-state index in [0.717, 1.165) is 16.0 Å². The number of carbonyl (C=O) groups is 2. The van der Waals surface area contributed by atoms with Crippen LogP contribution in [0, 0.1) is 11.8 Å². The molecule has 0 N–H and O–H groups in total. The van der Waals surface area contributed by atoms with Crippen molar-refractivity contribution in [1.29, 1.82) is 0 Å². The van der Waals surface area contributed by atoms with Gasteiger partial charge in [-0.05, 0) is 29.4 Å². The van der Waals surface area contributed by atoms with Gasteiger partial charge in [-0.3, -0.25) is 4.79 Å². The molecule has 23 heavy (non-hydrogen) atoms. The molecule has 1 saturated heterocycles. The number of fused-ring (bicyclic) bond motifs is 1. The van der Waals surface area contributed by atoms with Crippen molar-refractivity contribution in [3.8, 4) is 0 Å². The maximum Gasteiger partial charge on any atom is 0.417 e. The van der Waals surface area contributed by atoms with E-state index in [1.54, 1.807) is 0 Å². The van der Waals surface area contributed by atoms with E-state index in [9.17, 15) is 18.0 Å². The lowest BCUT2D eigenvalue weighted by molar-refractivity contribution is -0.126. The van der Waals surface area contributed by atoms with E-state index in [1.165, 1.54) is 6.26 Å². The third kappa shape index (κ3) is 2.85. The van der Waals surface area contributed by atoms with Crippen LogP contribution in [0.15, 0.2) is 24.3 Å². The summed E-state index contributed by atoms with van der Waals surface area (Å²) in [6.45, 7) is 1.84. The Hall–Kier alpha value is -1.89. The minimum Gasteiger partial charge on any atom is -0.439 e. The van der Waals surface area contributed by atoms with Gasteiger partial charge in [-0.2, -0.15) is 0 Å². The molecule has 0 spiro atoms. The Bertz CT molecular complexity index is 741. The van der Waals surface area contributed by atoms with Gasteiger partial charge >= 0.3 is 6.09 Å². The van der Waals surface area contributed by atoms with Crippen molar-refractivity contribution in [2.24, 2.45) is 11.8 Å². The van der Waals surface area contributed by atoms with Crippen LogP contribution in [-0.4, -0.2) is 44.7 Å². The maximum atomic E-state index is 12.3. The van der Waals surface area contributed by atoms with Gasteiger partial charge in [-0.1, -0.05) is 31.2 Å². The van der Waals surface area contributed by atoms with Gasteiger partial charge in [0.15, 0.2) is 16.4 Å². The second-order valence-electron chi connectivity index (χ2n) is 6.33. The first kappa shape index (κ1) is 16.0. The molecule has 1 aliphatic heterocycles. The Morgan fingerprint density at radius 2 is 1.96 bits per heavy atom. The smallest absolute Gasteiger partial charge is 0.417 e. The molecule has 1 aliphatic carbocycles. The largest absolute Gasteiger partial charge is 0.439 e. The predicted octanol–water partition coefficient (Wildman–Crippen LogP) is 1.56. The zero-order chi connectivity index (χ0) is 16.8. The van der Waals surface area contributed by atoms with Crippen molar-refractivity contribution < 1.29 is 22.7 Å². The van der Waals surface area contributed by atoms with Gasteiger partial charge in [0, 0.05) is 12.8 Å². The molecule has 0 saturated carbocycles. The Kier molecular flexibility index (Phi) is 3.91. The first-order chi connectivity index (χ1) is 10.8. The van der Waals surface area contributed by atoms with E-state index in [4.69, 9.17) is 4.74 Å². The van der Waals surface area contributed by atoms with Gasteiger partial charge in [0.2, 0.25) is 0 Å². The molecule has 7 heteroatoms. The van der Waals surface area contributed by atoms with Crippen molar-refractivity contribution in [3.05, 3.63) is 35.4 Å². The molecule has 0 aromatic heterocycles. The summed E-state index contributed by atoms with van der Waals surface area (Å²) in [4.78, 5) is 24.5. The number of sulfone groups is 1. The lowest BCUT2D eigenvalue weighted by Crippen LogP contribution is -2.41. The van der Waals surface area contributed by atoms with E-state index in [1.807, 2.05) is 31.2 Å². The number of cyclic esters (lactones) is 1. The third-order valence-corrected chi connectivity index (χ3v) is 6.39. The van der Waals surface area contributed by atoms with E-state index < -0.39 is 21.2 Å². The molecule has 2 aliphatic rings. The highest BCUT2D eigenvalue weighted by atomic mass is 32.2. The molecule has 1 aromatic carbocycles. The average molecular weight is 337 g/mol. The van der Waals surface area contributed by atoms with E-state index in [2.05, 4.69) is 0 Å². The quantitative estimate of drug-likeness (QED) is 0.836. The zero-order valence-corrected chi connectivity index (χ0v) is 13.9. The minimum absolute atomic E-state index is 0.112. The van der Waals surface area contributed by atoms with Crippen LogP contribution in [0.25, 0.3) is 0 Å². The molecule has 124 valence electrons. The van der Waals surface area contributed by atoms with Gasteiger partial charge in [0.1, 0.15) is 0 Å². The van der Waals surface area contributed by atoms with Gasteiger partial charge in [-0.15, -0.1) is 0 Å². The van der Waals surface area contributed by atoms with Crippen molar-refractivity contribution in [1.82, 2.24) is 4.90 Å². The summed E-state index contributed by atoms with van der Waals surface area (Å²) in [5.74, 6) is -0.669. The fourth-order valence-electron chi connectivity index (χ4n) is 3.64. The number of benzene rings is 1. The summed E-state index contributed by atoms with van der Waals surface area (Å²) in [5.41, 5.74) is 1.79. The molecule has 1 unspecified atom stereocenters. The van der Waals surface area contributed by atoms with Crippen molar-refractivity contribution in [3.63, 3.8) is 0 Å². The first-order valence-electron chi connectivity index (χ1n) is 7.53. The Morgan fingerprint density at radius 3 is 2.57 bits per heavy atom. The van der Waals surface area contributed by atoms with Crippen LogP contribution >= 0.6 is 0 Å². The molecule has 0 radical (unpaired) electrons. The molecular weight excluding hydrogens is 318 g/mol. The van der Waals surface area contributed by atoms with Crippen LogP contribution in [-0.2, 0) is 25.8 Å². The number of nitrogens with zero attached hydrogens (tertiary/aromatic N) is 1. The molecule has 2 amide bonds. The van der Waals surface area contributed by atoms with Crippen molar-refractivity contribution in [2.75, 3.05) is 19.4 Å². The normalized spacial score (nSPS) is 27.7. The highest BCUT2D eigenvalue weighted by Gasteiger charge is 2.42. The molecule has 1 fully saturated rings. The van der Waals surface area contributed by atoms with Gasteiger partial charge < -0.3 is 4.74 Å². The van der Waals surface area contributed by atoms with Crippen LogP contribution in [0.4, 0.5) is 4.79 Å². The molecule has 1 aromatic rings. The fourth-order valence-corrected chi connectivity index (χ4v) is 5.33. The van der Waals surface area contributed by atoms with Gasteiger partial charge in [-0.25, -0.2) is 18.1 Å². The minimum atomic E-state index is -3.30.